The Balaban J connectivity index is 1.71. The Morgan fingerprint density at radius 1 is 1.29 bits per heavy atom. The van der Waals surface area contributed by atoms with E-state index in [2.05, 4.69) is 24.1 Å². The molecule has 3 fully saturated rings. The Labute approximate surface area is 128 Å². The number of hydrogen-bond donors (Lipinski definition) is 1. The summed E-state index contributed by atoms with van der Waals surface area (Å²) in [6.45, 7) is 4.40. The molecule has 3 aliphatic rings. The van der Waals surface area contributed by atoms with Gasteiger partial charge in [-0.3, -0.25) is 10.1 Å². The lowest BCUT2D eigenvalue weighted by Gasteiger charge is -2.44. The van der Waals surface area contributed by atoms with Crippen molar-refractivity contribution in [2.45, 2.75) is 83.1 Å². The van der Waals surface area contributed by atoms with Gasteiger partial charge in [0, 0.05) is 13.2 Å². The molecule has 1 heterocycles. The Bertz CT molecular complexity index is 373. The number of amides is 1. The van der Waals surface area contributed by atoms with Gasteiger partial charge in [-0.05, 0) is 43.9 Å². The highest BCUT2D eigenvalue weighted by atomic mass is 16.5. The summed E-state index contributed by atoms with van der Waals surface area (Å²) < 4.78 is 5.40. The molecule has 1 aliphatic heterocycles. The lowest BCUT2D eigenvalue weighted by atomic mass is 9.86. The van der Waals surface area contributed by atoms with Gasteiger partial charge in [0.15, 0.2) is 0 Å². The molecule has 2 unspecified atom stereocenters. The lowest BCUT2D eigenvalue weighted by molar-refractivity contribution is -0.139. The highest BCUT2D eigenvalue weighted by Gasteiger charge is 2.49. The zero-order chi connectivity index (χ0) is 15.0. The molecular weight excluding hydrogens is 264 g/mol. The predicted octanol–water partition coefficient (Wildman–Crippen LogP) is 2.53. The van der Waals surface area contributed by atoms with Crippen LogP contribution in [0, 0.1) is 11.8 Å². The Kier molecular flexibility index (Phi) is 4.55. The first-order valence-corrected chi connectivity index (χ1v) is 8.71. The fourth-order valence-corrected chi connectivity index (χ4v) is 4.32. The SMILES string of the molecule is COC1CC(N2C(=O)C(CC(C)C)NC2C2CCCC2)C1. The van der Waals surface area contributed by atoms with E-state index in [-0.39, 0.29) is 12.2 Å². The van der Waals surface area contributed by atoms with Gasteiger partial charge in [-0.1, -0.05) is 26.7 Å². The average Bonchev–Trinajstić information content (AvgIpc) is 2.99. The van der Waals surface area contributed by atoms with Gasteiger partial charge in [-0.15, -0.1) is 0 Å². The van der Waals surface area contributed by atoms with Crippen LogP contribution in [0.1, 0.15) is 58.8 Å². The van der Waals surface area contributed by atoms with E-state index in [1.807, 2.05) is 0 Å². The summed E-state index contributed by atoms with van der Waals surface area (Å²) >= 11 is 0. The fourth-order valence-electron chi connectivity index (χ4n) is 4.32. The van der Waals surface area contributed by atoms with Crippen LogP contribution in [0.4, 0.5) is 0 Å². The third-order valence-corrected chi connectivity index (χ3v) is 5.57. The van der Waals surface area contributed by atoms with Gasteiger partial charge in [0.25, 0.3) is 0 Å². The summed E-state index contributed by atoms with van der Waals surface area (Å²) in [6, 6.07) is 0.440. The number of carbonyl (C=O) groups is 1. The third-order valence-electron chi connectivity index (χ3n) is 5.57. The number of hydrogen-bond acceptors (Lipinski definition) is 3. The van der Waals surface area contributed by atoms with E-state index < -0.39 is 0 Å². The average molecular weight is 294 g/mol. The van der Waals surface area contributed by atoms with Crippen molar-refractivity contribution in [3.8, 4) is 0 Å². The van der Waals surface area contributed by atoms with Crippen LogP contribution in [-0.2, 0) is 9.53 Å². The number of rotatable bonds is 5. The molecule has 21 heavy (non-hydrogen) atoms. The van der Waals surface area contributed by atoms with Crippen molar-refractivity contribution in [3.05, 3.63) is 0 Å². The standard InChI is InChI=1S/C17H30N2O2/c1-11(2)8-15-17(20)19(13-9-14(10-13)21-3)16(18-15)12-6-4-5-7-12/h11-16,18H,4-10H2,1-3H3. The van der Waals surface area contributed by atoms with Crippen LogP contribution in [0.2, 0.25) is 0 Å². The van der Waals surface area contributed by atoms with Crippen molar-refractivity contribution in [3.63, 3.8) is 0 Å². The van der Waals surface area contributed by atoms with E-state index in [0.717, 1.165) is 19.3 Å². The predicted molar refractivity (Wildman–Crippen MR) is 82.8 cm³/mol. The minimum absolute atomic E-state index is 0.0391. The zero-order valence-corrected chi connectivity index (χ0v) is 13.7. The molecule has 0 spiro atoms. The quantitative estimate of drug-likeness (QED) is 0.847. The van der Waals surface area contributed by atoms with Crippen LogP contribution in [-0.4, -0.2) is 42.3 Å². The van der Waals surface area contributed by atoms with E-state index in [0.29, 0.717) is 29.9 Å². The minimum Gasteiger partial charge on any atom is -0.381 e. The largest absolute Gasteiger partial charge is 0.381 e. The maximum absolute atomic E-state index is 12.9. The molecule has 0 bridgehead atoms. The second kappa shape index (κ2) is 6.25. The van der Waals surface area contributed by atoms with E-state index >= 15 is 0 Å². The van der Waals surface area contributed by atoms with Crippen LogP contribution in [0.25, 0.3) is 0 Å². The third kappa shape index (κ3) is 2.98. The van der Waals surface area contributed by atoms with Crippen molar-refractivity contribution in [2.24, 2.45) is 11.8 Å². The van der Waals surface area contributed by atoms with E-state index in [9.17, 15) is 4.79 Å². The van der Waals surface area contributed by atoms with Gasteiger partial charge in [-0.25, -0.2) is 0 Å². The summed E-state index contributed by atoms with van der Waals surface area (Å²) in [5, 5.41) is 3.68. The molecule has 4 nitrogen and oxygen atoms in total. The van der Waals surface area contributed by atoms with Crippen molar-refractivity contribution >= 4 is 5.91 Å². The number of ether oxygens (including phenoxy) is 1. The Morgan fingerprint density at radius 3 is 2.52 bits per heavy atom. The number of carbonyl (C=O) groups excluding carboxylic acids is 1. The second-order valence-electron chi connectivity index (χ2n) is 7.57. The molecule has 2 saturated carbocycles. The summed E-state index contributed by atoms with van der Waals surface area (Å²) in [4.78, 5) is 15.1. The second-order valence-corrected chi connectivity index (χ2v) is 7.57. The molecule has 1 N–H and O–H groups in total. The fraction of sp³-hybridized carbons (Fsp3) is 0.941. The van der Waals surface area contributed by atoms with Gasteiger partial charge in [0.2, 0.25) is 5.91 Å². The highest BCUT2D eigenvalue weighted by molar-refractivity contribution is 5.84. The van der Waals surface area contributed by atoms with Gasteiger partial charge >= 0.3 is 0 Å². The molecule has 0 radical (unpaired) electrons. The minimum atomic E-state index is 0.0391. The molecule has 3 rings (SSSR count). The van der Waals surface area contributed by atoms with Crippen molar-refractivity contribution in [1.82, 2.24) is 10.2 Å². The van der Waals surface area contributed by atoms with Crippen LogP contribution in [0.3, 0.4) is 0 Å². The van der Waals surface area contributed by atoms with Gasteiger partial charge in [0.1, 0.15) is 0 Å². The number of methoxy groups -OCH3 is 1. The molecule has 0 aromatic rings. The van der Waals surface area contributed by atoms with Gasteiger partial charge in [-0.2, -0.15) is 0 Å². The molecule has 2 aliphatic carbocycles. The van der Waals surface area contributed by atoms with E-state index in [1.165, 1.54) is 25.7 Å². The Morgan fingerprint density at radius 2 is 1.95 bits per heavy atom. The molecule has 0 aromatic heterocycles. The molecule has 1 amide bonds. The summed E-state index contributed by atoms with van der Waals surface area (Å²) in [5.41, 5.74) is 0. The smallest absolute Gasteiger partial charge is 0.241 e. The number of nitrogens with zero attached hydrogens (tertiary/aromatic N) is 1. The first-order chi connectivity index (χ1) is 10.1. The van der Waals surface area contributed by atoms with E-state index in [4.69, 9.17) is 4.74 Å². The van der Waals surface area contributed by atoms with E-state index in [1.54, 1.807) is 7.11 Å². The first-order valence-electron chi connectivity index (χ1n) is 8.71. The molecule has 0 aromatic carbocycles. The maximum atomic E-state index is 12.9. The molecule has 1 saturated heterocycles. The molecule has 120 valence electrons. The molecular formula is C17H30N2O2. The maximum Gasteiger partial charge on any atom is 0.241 e. The normalized spacial score (nSPS) is 37.5. The summed E-state index contributed by atoms with van der Waals surface area (Å²) in [6.07, 6.45) is 8.83. The summed E-state index contributed by atoms with van der Waals surface area (Å²) in [5.74, 6) is 1.57. The Hall–Kier alpha value is -0.610. The van der Waals surface area contributed by atoms with Crippen LogP contribution < -0.4 is 5.32 Å². The summed E-state index contributed by atoms with van der Waals surface area (Å²) in [7, 11) is 1.78. The molecule has 4 heteroatoms. The van der Waals surface area contributed by atoms with Crippen molar-refractivity contribution in [2.75, 3.05) is 7.11 Å². The van der Waals surface area contributed by atoms with Crippen molar-refractivity contribution < 1.29 is 9.53 Å². The lowest BCUT2D eigenvalue weighted by Crippen LogP contribution is -2.54. The first kappa shape index (κ1) is 15.3. The molecule has 2 atom stereocenters. The zero-order valence-electron chi connectivity index (χ0n) is 13.7. The monoisotopic (exact) mass is 294 g/mol. The highest BCUT2D eigenvalue weighted by Crippen LogP contribution is 2.38. The van der Waals surface area contributed by atoms with Crippen LogP contribution in [0.5, 0.6) is 0 Å². The van der Waals surface area contributed by atoms with Gasteiger partial charge < -0.3 is 9.64 Å². The van der Waals surface area contributed by atoms with Crippen LogP contribution >= 0.6 is 0 Å². The van der Waals surface area contributed by atoms with Gasteiger partial charge in [0.05, 0.1) is 18.3 Å². The van der Waals surface area contributed by atoms with Crippen molar-refractivity contribution in [1.29, 1.82) is 0 Å². The van der Waals surface area contributed by atoms with Crippen LogP contribution in [0.15, 0.2) is 0 Å². The topological polar surface area (TPSA) is 41.6 Å². The number of nitrogens with one attached hydrogen (secondary N) is 1.